The summed E-state index contributed by atoms with van der Waals surface area (Å²) in [6.45, 7) is 0. The quantitative estimate of drug-likeness (QED) is 0.696. The molecule has 1 heterocycles. The van der Waals surface area contributed by atoms with Crippen molar-refractivity contribution in [3.8, 4) is 0 Å². The second-order valence-corrected chi connectivity index (χ2v) is 5.18. The summed E-state index contributed by atoms with van der Waals surface area (Å²) in [6, 6.07) is 6.51. The van der Waals surface area contributed by atoms with E-state index in [2.05, 4.69) is 22.3 Å². The van der Waals surface area contributed by atoms with Crippen LogP contribution in [0.2, 0.25) is 0 Å². The molecule has 1 aromatic heterocycles. The maximum atomic E-state index is 6.52. The van der Waals surface area contributed by atoms with Crippen molar-refractivity contribution in [2.45, 2.75) is 37.3 Å². The maximum absolute atomic E-state index is 6.52. The monoisotopic (exact) mass is 230 g/mol. The number of hydrogen-bond donors (Lipinski definition) is 3. The van der Waals surface area contributed by atoms with Crippen molar-refractivity contribution in [2.24, 2.45) is 11.5 Å². The first-order valence-corrected chi connectivity index (χ1v) is 6.15. The van der Waals surface area contributed by atoms with Crippen LogP contribution in [-0.2, 0) is 5.54 Å². The van der Waals surface area contributed by atoms with Crippen molar-refractivity contribution >= 4 is 10.9 Å². The van der Waals surface area contributed by atoms with E-state index in [1.807, 2.05) is 12.3 Å². The molecular weight excluding hydrogens is 212 g/mol. The summed E-state index contributed by atoms with van der Waals surface area (Å²) in [6.07, 6.45) is 5.93. The van der Waals surface area contributed by atoms with Crippen LogP contribution < -0.4 is 11.5 Å². The molecule has 0 spiro atoms. The largest absolute Gasteiger partial charge is 0.328 e. The van der Waals surface area contributed by atoms with Crippen LogP contribution >= 0.6 is 0 Å². The SMILES string of the molecule is NC1CCCC(N)(c2ccc3[nH]ncc3c2)C1. The highest BCUT2D eigenvalue weighted by atomic mass is 15.1. The lowest BCUT2D eigenvalue weighted by molar-refractivity contribution is 0.273. The topological polar surface area (TPSA) is 80.7 Å². The molecule has 0 aliphatic heterocycles. The van der Waals surface area contributed by atoms with Gasteiger partial charge in [0.15, 0.2) is 0 Å². The Morgan fingerprint density at radius 3 is 3.12 bits per heavy atom. The molecule has 5 N–H and O–H groups in total. The number of hydrogen-bond acceptors (Lipinski definition) is 3. The van der Waals surface area contributed by atoms with Crippen LogP contribution in [0.15, 0.2) is 24.4 Å². The van der Waals surface area contributed by atoms with Gasteiger partial charge in [0.1, 0.15) is 0 Å². The maximum Gasteiger partial charge on any atom is 0.0650 e. The number of fused-ring (bicyclic) bond motifs is 1. The number of H-pyrrole nitrogens is 1. The van der Waals surface area contributed by atoms with Crippen LogP contribution in [0.4, 0.5) is 0 Å². The molecule has 1 aromatic carbocycles. The minimum Gasteiger partial charge on any atom is -0.328 e. The molecule has 0 bridgehead atoms. The Hall–Kier alpha value is -1.39. The van der Waals surface area contributed by atoms with Crippen molar-refractivity contribution in [1.29, 1.82) is 0 Å². The Balaban J connectivity index is 2.01. The van der Waals surface area contributed by atoms with Crippen LogP contribution in [-0.4, -0.2) is 16.2 Å². The molecular formula is C13H18N4. The van der Waals surface area contributed by atoms with Crippen LogP contribution in [0.25, 0.3) is 10.9 Å². The van der Waals surface area contributed by atoms with Gasteiger partial charge in [0, 0.05) is 17.0 Å². The zero-order valence-corrected chi connectivity index (χ0v) is 9.82. The van der Waals surface area contributed by atoms with Crippen LogP contribution in [0.1, 0.15) is 31.2 Å². The number of benzene rings is 1. The van der Waals surface area contributed by atoms with E-state index < -0.39 is 0 Å². The lowest BCUT2D eigenvalue weighted by Gasteiger charge is -2.37. The summed E-state index contributed by atoms with van der Waals surface area (Å²) in [5, 5.41) is 8.11. The Bertz CT molecular complexity index is 533. The number of nitrogens with two attached hydrogens (primary N) is 2. The standard InChI is InChI=1S/C13H18N4/c14-11-2-1-5-13(15,7-11)10-3-4-12-9(6-10)8-16-17-12/h3-4,6,8,11H,1-2,5,7,14-15H2,(H,16,17). The lowest BCUT2D eigenvalue weighted by Crippen LogP contribution is -2.45. The Labute approximate surface area is 100 Å². The molecule has 3 rings (SSSR count). The third-order valence-corrected chi connectivity index (χ3v) is 3.84. The molecule has 2 aromatic rings. The lowest BCUT2D eigenvalue weighted by atomic mass is 9.75. The van der Waals surface area contributed by atoms with E-state index in [4.69, 9.17) is 11.5 Å². The Kier molecular flexibility index (Phi) is 2.42. The number of aromatic amines is 1. The van der Waals surface area contributed by atoms with Gasteiger partial charge in [0.2, 0.25) is 0 Å². The summed E-state index contributed by atoms with van der Waals surface area (Å²) >= 11 is 0. The average Bonchev–Trinajstić information content (AvgIpc) is 2.75. The first kappa shape index (κ1) is 10.7. The summed E-state index contributed by atoms with van der Waals surface area (Å²) in [4.78, 5) is 0. The van der Waals surface area contributed by atoms with Gasteiger partial charge in [-0.05, 0) is 43.4 Å². The zero-order chi connectivity index (χ0) is 11.9. The van der Waals surface area contributed by atoms with Gasteiger partial charge in [-0.2, -0.15) is 5.10 Å². The number of aromatic nitrogens is 2. The fourth-order valence-electron chi connectivity index (χ4n) is 2.87. The molecule has 0 amide bonds. The van der Waals surface area contributed by atoms with Crippen LogP contribution in [0.3, 0.4) is 0 Å². The summed E-state index contributed by atoms with van der Waals surface area (Å²) in [7, 11) is 0. The van der Waals surface area contributed by atoms with E-state index in [-0.39, 0.29) is 11.6 Å². The van der Waals surface area contributed by atoms with Gasteiger partial charge in [0.05, 0.1) is 11.7 Å². The number of rotatable bonds is 1. The smallest absolute Gasteiger partial charge is 0.0650 e. The minimum absolute atomic E-state index is 0.230. The van der Waals surface area contributed by atoms with Gasteiger partial charge in [-0.3, -0.25) is 5.10 Å². The molecule has 0 saturated heterocycles. The van der Waals surface area contributed by atoms with E-state index in [1.54, 1.807) is 0 Å². The average molecular weight is 230 g/mol. The van der Waals surface area contributed by atoms with Crippen molar-refractivity contribution in [3.63, 3.8) is 0 Å². The van der Waals surface area contributed by atoms with Gasteiger partial charge in [-0.25, -0.2) is 0 Å². The third-order valence-electron chi connectivity index (χ3n) is 3.84. The first-order chi connectivity index (χ1) is 8.17. The predicted molar refractivity (Wildman–Crippen MR) is 68.4 cm³/mol. The highest BCUT2D eigenvalue weighted by molar-refractivity contribution is 5.78. The molecule has 1 aliphatic carbocycles. The molecule has 2 unspecified atom stereocenters. The number of nitrogens with zero attached hydrogens (tertiary/aromatic N) is 1. The second-order valence-electron chi connectivity index (χ2n) is 5.18. The molecule has 1 aliphatic rings. The summed E-state index contributed by atoms with van der Waals surface area (Å²) in [5.74, 6) is 0. The molecule has 4 nitrogen and oxygen atoms in total. The van der Waals surface area contributed by atoms with Gasteiger partial charge in [-0.15, -0.1) is 0 Å². The van der Waals surface area contributed by atoms with Crippen LogP contribution in [0, 0.1) is 0 Å². The normalized spacial score (nSPS) is 29.6. The van der Waals surface area contributed by atoms with Crippen LogP contribution in [0.5, 0.6) is 0 Å². The van der Waals surface area contributed by atoms with E-state index in [1.165, 1.54) is 5.56 Å². The van der Waals surface area contributed by atoms with Crippen molar-refractivity contribution in [1.82, 2.24) is 10.2 Å². The molecule has 2 atom stereocenters. The predicted octanol–water partition coefficient (Wildman–Crippen LogP) is 1.62. The highest BCUT2D eigenvalue weighted by Crippen LogP contribution is 2.35. The van der Waals surface area contributed by atoms with Gasteiger partial charge in [-0.1, -0.05) is 6.07 Å². The minimum atomic E-state index is -0.261. The van der Waals surface area contributed by atoms with E-state index in [0.29, 0.717) is 0 Å². The fraction of sp³-hybridized carbons (Fsp3) is 0.462. The van der Waals surface area contributed by atoms with Crippen molar-refractivity contribution in [3.05, 3.63) is 30.0 Å². The molecule has 17 heavy (non-hydrogen) atoms. The summed E-state index contributed by atoms with van der Waals surface area (Å²) < 4.78 is 0. The first-order valence-electron chi connectivity index (χ1n) is 6.15. The second kappa shape index (κ2) is 3.82. The Morgan fingerprint density at radius 1 is 1.41 bits per heavy atom. The van der Waals surface area contributed by atoms with E-state index in [0.717, 1.165) is 36.6 Å². The van der Waals surface area contributed by atoms with Crippen molar-refractivity contribution < 1.29 is 0 Å². The summed E-state index contributed by atoms with van der Waals surface area (Å²) in [5.41, 5.74) is 14.5. The van der Waals surface area contributed by atoms with Crippen molar-refractivity contribution in [2.75, 3.05) is 0 Å². The Morgan fingerprint density at radius 2 is 2.29 bits per heavy atom. The highest BCUT2D eigenvalue weighted by Gasteiger charge is 2.32. The molecule has 90 valence electrons. The fourth-order valence-corrected chi connectivity index (χ4v) is 2.87. The number of nitrogens with one attached hydrogen (secondary N) is 1. The van der Waals surface area contributed by atoms with E-state index >= 15 is 0 Å². The third kappa shape index (κ3) is 1.83. The van der Waals surface area contributed by atoms with Gasteiger partial charge < -0.3 is 11.5 Å². The molecule has 4 heteroatoms. The molecule has 0 radical (unpaired) electrons. The molecule has 1 saturated carbocycles. The molecule has 1 fully saturated rings. The van der Waals surface area contributed by atoms with E-state index in [9.17, 15) is 0 Å². The zero-order valence-electron chi connectivity index (χ0n) is 9.82. The van der Waals surface area contributed by atoms with Gasteiger partial charge >= 0.3 is 0 Å². The van der Waals surface area contributed by atoms with Gasteiger partial charge in [0.25, 0.3) is 0 Å².